The molecule has 0 unspecified atom stereocenters. The Morgan fingerprint density at radius 3 is 3.00 bits per heavy atom. The van der Waals surface area contributed by atoms with Crippen molar-refractivity contribution in [3.8, 4) is 5.75 Å². The monoisotopic (exact) mass is 300 g/mol. The molecule has 1 aromatic carbocycles. The summed E-state index contributed by atoms with van der Waals surface area (Å²) in [4.78, 5) is 25.8. The maximum atomic E-state index is 12.2. The van der Waals surface area contributed by atoms with Crippen LogP contribution in [0, 0.1) is 0 Å². The molecular formula is C15H16N4O3. The summed E-state index contributed by atoms with van der Waals surface area (Å²) in [5, 5.41) is 6.71. The Balaban J connectivity index is 1.77. The van der Waals surface area contributed by atoms with E-state index in [0.29, 0.717) is 23.7 Å². The number of nitrogens with one attached hydrogen (secondary N) is 1. The first-order chi connectivity index (χ1) is 10.6. The normalized spacial score (nSPS) is 14.0. The number of carbonyl (C=O) groups excluding carboxylic acids is 2. The number of hydrogen-bond acceptors (Lipinski definition) is 4. The van der Waals surface area contributed by atoms with Gasteiger partial charge in [0.1, 0.15) is 12.3 Å². The molecule has 1 aliphatic heterocycles. The lowest BCUT2D eigenvalue weighted by molar-refractivity contribution is -0.121. The standard InChI is InChI=1S/C15H16N4O3/c1-18-9-11(8-16-18)17-14(20)10-19-12-4-2-3-5-13(12)22-7-6-15(19)21/h2-5,8-9H,6-7,10H2,1H3,(H,17,20). The van der Waals surface area contributed by atoms with E-state index in [1.807, 2.05) is 12.1 Å². The molecule has 1 aromatic heterocycles. The van der Waals surface area contributed by atoms with Crippen LogP contribution in [0.25, 0.3) is 0 Å². The van der Waals surface area contributed by atoms with Crippen LogP contribution in [0.3, 0.4) is 0 Å². The van der Waals surface area contributed by atoms with Gasteiger partial charge in [0.05, 0.1) is 30.6 Å². The minimum absolute atomic E-state index is 0.0614. The van der Waals surface area contributed by atoms with Gasteiger partial charge in [-0.3, -0.25) is 19.2 Å². The lowest BCUT2D eigenvalue weighted by atomic mass is 10.2. The quantitative estimate of drug-likeness (QED) is 0.923. The highest BCUT2D eigenvalue weighted by atomic mass is 16.5. The van der Waals surface area contributed by atoms with E-state index in [9.17, 15) is 9.59 Å². The number of aryl methyl sites for hydroxylation is 1. The second-order valence-electron chi connectivity index (χ2n) is 5.00. The number of anilines is 2. The number of rotatable bonds is 3. The van der Waals surface area contributed by atoms with E-state index in [2.05, 4.69) is 10.4 Å². The number of benzene rings is 1. The summed E-state index contributed by atoms with van der Waals surface area (Å²) in [6.07, 6.45) is 3.49. The molecule has 0 radical (unpaired) electrons. The molecule has 0 bridgehead atoms. The summed E-state index contributed by atoms with van der Waals surface area (Å²) in [6, 6.07) is 7.21. The Bertz CT molecular complexity index is 710. The summed E-state index contributed by atoms with van der Waals surface area (Å²) in [7, 11) is 1.77. The summed E-state index contributed by atoms with van der Waals surface area (Å²) in [5.41, 5.74) is 1.21. The number of hydrogen-bond donors (Lipinski definition) is 1. The van der Waals surface area contributed by atoms with Gasteiger partial charge in [0, 0.05) is 13.2 Å². The molecule has 0 spiro atoms. The average molecular weight is 300 g/mol. The maximum absolute atomic E-state index is 12.2. The molecular weight excluding hydrogens is 284 g/mol. The SMILES string of the molecule is Cn1cc(NC(=O)CN2C(=O)CCOc3ccccc32)cn1. The van der Waals surface area contributed by atoms with E-state index in [4.69, 9.17) is 4.74 Å². The van der Waals surface area contributed by atoms with Crippen molar-refractivity contribution in [2.24, 2.45) is 7.05 Å². The maximum Gasteiger partial charge on any atom is 0.244 e. The zero-order valence-corrected chi connectivity index (χ0v) is 12.2. The van der Waals surface area contributed by atoms with Gasteiger partial charge in [-0.2, -0.15) is 5.10 Å². The highest BCUT2D eigenvalue weighted by Crippen LogP contribution is 2.30. The Morgan fingerprint density at radius 2 is 2.23 bits per heavy atom. The van der Waals surface area contributed by atoms with Gasteiger partial charge in [0.2, 0.25) is 11.8 Å². The van der Waals surface area contributed by atoms with Gasteiger partial charge in [-0.1, -0.05) is 12.1 Å². The molecule has 0 atom stereocenters. The lowest BCUT2D eigenvalue weighted by Crippen LogP contribution is -2.37. The number of carbonyl (C=O) groups is 2. The van der Waals surface area contributed by atoms with Crippen molar-refractivity contribution in [3.63, 3.8) is 0 Å². The summed E-state index contributed by atoms with van der Waals surface area (Å²) in [5.74, 6) is 0.201. The van der Waals surface area contributed by atoms with Crippen LogP contribution in [0.15, 0.2) is 36.7 Å². The van der Waals surface area contributed by atoms with E-state index in [1.165, 1.54) is 4.90 Å². The molecule has 0 saturated carbocycles. The van der Waals surface area contributed by atoms with Gasteiger partial charge >= 0.3 is 0 Å². The fourth-order valence-electron chi connectivity index (χ4n) is 2.32. The minimum Gasteiger partial charge on any atom is -0.491 e. The van der Waals surface area contributed by atoms with Crippen molar-refractivity contribution < 1.29 is 14.3 Å². The lowest BCUT2D eigenvalue weighted by Gasteiger charge is -2.21. The molecule has 7 nitrogen and oxygen atoms in total. The third-order valence-corrected chi connectivity index (χ3v) is 3.32. The largest absolute Gasteiger partial charge is 0.491 e. The van der Waals surface area contributed by atoms with E-state index < -0.39 is 0 Å². The van der Waals surface area contributed by atoms with Crippen LogP contribution >= 0.6 is 0 Å². The van der Waals surface area contributed by atoms with E-state index in [-0.39, 0.29) is 24.8 Å². The molecule has 7 heteroatoms. The number of fused-ring (bicyclic) bond motifs is 1. The molecule has 3 rings (SSSR count). The first-order valence-corrected chi connectivity index (χ1v) is 6.94. The molecule has 2 heterocycles. The van der Waals surface area contributed by atoms with Gasteiger partial charge in [-0.25, -0.2) is 0 Å². The number of ether oxygens (including phenoxy) is 1. The van der Waals surface area contributed by atoms with Crippen molar-refractivity contribution in [2.45, 2.75) is 6.42 Å². The highest BCUT2D eigenvalue weighted by Gasteiger charge is 2.25. The van der Waals surface area contributed by atoms with Crippen LogP contribution in [-0.4, -0.2) is 34.7 Å². The van der Waals surface area contributed by atoms with Crippen LogP contribution in [0.2, 0.25) is 0 Å². The molecule has 1 N–H and O–H groups in total. The first-order valence-electron chi connectivity index (χ1n) is 6.94. The van der Waals surface area contributed by atoms with Crippen molar-refractivity contribution in [3.05, 3.63) is 36.7 Å². The van der Waals surface area contributed by atoms with Crippen LogP contribution in [-0.2, 0) is 16.6 Å². The fourth-order valence-corrected chi connectivity index (χ4v) is 2.32. The zero-order valence-electron chi connectivity index (χ0n) is 12.2. The number of amides is 2. The second-order valence-corrected chi connectivity index (χ2v) is 5.00. The van der Waals surface area contributed by atoms with Crippen LogP contribution in [0.5, 0.6) is 5.75 Å². The molecule has 0 saturated heterocycles. The first kappa shape index (κ1) is 14.1. The molecule has 2 amide bonds. The zero-order chi connectivity index (χ0) is 15.5. The van der Waals surface area contributed by atoms with Crippen LogP contribution in [0.1, 0.15) is 6.42 Å². The Labute approximate surface area is 127 Å². The summed E-state index contributed by atoms with van der Waals surface area (Å²) in [6.45, 7) is 0.255. The Hall–Kier alpha value is -2.83. The van der Waals surface area contributed by atoms with Gasteiger partial charge in [0.15, 0.2) is 0 Å². The molecule has 1 aliphatic rings. The van der Waals surface area contributed by atoms with Crippen molar-refractivity contribution in [1.29, 1.82) is 0 Å². The van der Waals surface area contributed by atoms with Crippen molar-refractivity contribution in [1.82, 2.24) is 9.78 Å². The summed E-state index contributed by atoms with van der Waals surface area (Å²) < 4.78 is 7.14. The predicted molar refractivity (Wildman–Crippen MR) is 80.7 cm³/mol. The third kappa shape index (κ3) is 2.93. The second kappa shape index (κ2) is 5.88. The predicted octanol–water partition coefficient (Wildman–Crippen LogP) is 1.17. The number of nitrogens with zero attached hydrogens (tertiary/aromatic N) is 3. The van der Waals surface area contributed by atoms with Gasteiger partial charge in [-0.15, -0.1) is 0 Å². The molecule has 2 aromatic rings. The minimum atomic E-state index is -0.280. The molecule has 22 heavy (non-hydrogen) atoms. The number of para-hydroxylation sites is 2. The van der Waals surface area contributed by atoms with E-state index in [1.54, 1.807) is 36.3 Å². The van der Waals surface area contributed by atoms with Crippen molar-refractivity contribution in [2.75, 3.05) is 23.4 Å². The fraction of sp³-hybridized carbons (Fsp3) is 0.267. The Morgan fingerprint density at radius 1 is 1.41 bits per heavy atom. The van der Waals surface area contributed by atoms with Crippen molar-refractivity contribution >= 4 is 23.2 Å². The molecule has 0 aliphatic carbocycles. The molecule has 0 fully saturated rings. The topological polar surface area (TPSA) is 76.5 Å². The van der Waals surface area contributed by atoms with Gasteiger partial charge in [-0.05, 0) is 12.1 Å². The van der Waals surface area contributed by atoms with Gasteiger partial charge < -0.3 is 10.1 Å². The number of aromatic nitrogens is 2. The average Bonchev–Trinajstić information content (AvgIpc) is 2.83. The molecule has 114 valence electrons. The van der Waals surface area contributed by atoms with Crippen LogP contribution in [0.4, 0.5) is 11.4 Å². The van der Waals surface area contributed by atoms with E-state index in [0.717, 1.165) is 0 Å². The van der Waals surface area contributed by atoms with Gasteiger partial charge in [0.25, 0.3) is 0 Å². The smallest absolute Gasteiger partial charge is 0.244 e. The van der Waals surface area contributed by atoms with E-state index >= 15 is 0 Å². The van der Waals surface area contributed by atoms with Crippen LogP contribution < -0.4 is 15.0 Å². The Kier molecular flexibility index (Phi) is 3.78. The summed E-state index contributed by atoms with van der Waals surface area (Å²) >= 11 is 0. The third-order valence-electron chi connectivity index (χ3n) is 3.32. The highest BCUT2D eigenvalue weighted by molar-refractivity contribution is 6.03.